The van der Waals surface area contributed by atoms with Crippen molar-refractivity contribution >= 4 is 53.1 Å². The molecule has 2 heterocycles. The summed E-state index contributed by atoms with van der Waals surface area (Å²) in [6.07, 6.45) is 4.03. The Hall–Kier alpha value is -4.37. The number of primary amides is 1. The topological polar surface area (TPSA) is 238 Å². The largest absolute Gasteiger partial charge is 0.480 e. The lowest BCUT2D eigenvalue weighted by molar-refractivity contribution is -0.142. The zero-order valence-corrected chi connectivity index (χ0v) is 21.6. The summed E-state index contributed by atoms with van der Waals surface area (Å²) < 4.78 is 0. The first-order chi connectivity index (χ1) is 18.6. The van der Waals surface area contributed by atoms with Gasteiger partial charge in [-0.15, -0.1) is 0 Å². The highest BCUT2D eigenvalue weighted by Crippen LogP contribution is 2.19. The normalized spacial score (nSPS) is 14.1. The fourth-order valence-corrected chi connectivity index (χ4v) is 4.13. The van der Waals surface area contributed by atoms with Crippen molar-refractivity contribution in [3.63, 3.8) is 0 Å². The minimum Gasteiger partial charge on any atom is -0.480 e. The fraction of sp³-hybridized carbons (Fsp3) is 0.333. The summed E-state index contributed by atoms with van der Waals surface area (Å²) in [7, 11) is 0. The number of carboxylic acid groups (broad SMARTS) is 1. The summed E-state index contributed by atoms with van der Waals surface area (Å²) >= 11 is 4.14. The second-order valence-electron chi connectivity index (χ2n) is 8.83. The predicted octanol–water partition coefficient (Wildman–Crippen LogP) is -1.65. The molecule has 3 rings (SSSR count). The van der Waals surface area contributed by atoms with Gasteiger partial charge in [0.2, 0.25) is 23.6 Å². The fourth-order valence-electron chi connectivity index (χ4n) is 3.87. The minimum atomic E-state index is -1.29. The van der Waals surface area contributed by atoms with Crippen LogP contribution in [0.1, 0.15) is 17.7 Å². The van der Waals surface area contributed by atoms with Crippen LogP contribution >= 0.6 is 12.6 Å². The number of hydrogen-bond donors (Lipinski definition) is 9. The average Bonchev–Trinajstić information content (AvgIpc) is 3.55. The van der Waals surface area contributed by atoms with Crippen molar-refractivity contribution in [2.24, 2.45) is 11.5 Å². The lowest BCUT2D eigenvalue weighted by Crippen LogP contribution is -2.58. The van der Waals surface area contributed by atoms with E-state index in [0.29, 0.717) is 11.3 Å². The van der Waals surface area contributed by atoms with Crippen LogP contribution in [0.3, 0.4) is 0 Å². The van der Waals surface area contributed by atoms with Crippen LogP contribution in [0, 0.1) is 0 Å². The van der Waals surface area contributed by atoms with Crippen molar-refractivity contribution in [3.05, 3.63) is 54.2 Å². The first kappa shape index (κ1) is 29.2. The maximum absolute atomic E-state index is 13.1. The number of thiol groups is 1. The molecule has 4 unspecified atom stereocenters. The number of carbonyl (C=O) groups is 5. The molecule has 15 heteroatoms. The van der Waals surface area contributed by atoms with Gasteiger partial charge in [-0.3, -0.25) is 19.2 Å². The molecule has 1 aromatic carbocycles. The molecule has 3 aromatic rings. The lowest BCUT2D eigenvalue weighted by atomic mass is 10.0. The van der Waals surface area contributed by atoms with E-state index in [-0.39, 0.29) is 18.6 Å². The van der Waals surface area contributed by atoms with Crippen LogP contribution in [-0.4, -0.2) is 79.6 Å². The third kappa shape index (κ3) is 8.05. The Bertz CT molecular complexity index is 1330. The Labute approximate surface area is 228 Å². The number of hydrogen-bond acceptors (Lipinski definition) is 8. The summed E-state index contributed by atoms with van der Waals surface area (Å²) in [4.78, 5) is 71.4. The number of nitrogens with one attached hydrogen (secondary N) is 5. The van der Waals surface area contributed by atoms with Crippen molar-refractivity contribution < 1.29 is 29.1 Å². The number of benzene rings is 1. The van der Waals surface area contributed by atoms with Gasteiger partial charge >= 0.3 is 5.97 Å². The van der Waals surface area contributed by atoms with Gasteiger partial charge < -0.3 is 42.5 Å². The third-order valence-corrected chi connectivity index (χ3v) is 6.26. The predicted molar refractivity (Wildman–Crippen MR) is 143 cm³/mol. The molecular weight excluding hydrogens is 528 g/mol. The monoisotopic (exact) mass is 558 g/mol. The first-order valence-electron chi connectivity index (χ1n) is 11.9. The van der Waals surface area contributed by atoms with E-state index in [0.717, 1.165) is 10.9 Å². The Morgan fingerprint density at radius 3 is 2.26 bits per heavy atom. The van der Waals surface area contributed by atoms with Gasteiger partial charge in [0.25, 0.3) is 0 Å². The Morgan fingerprint density at radius 2 is 1.62 bits per heavy atom. The summed E-state index contributed by atoms with van der Waals surface area (Å²) in [5.74, 6) is -4.55. The molecule has 0 fully saturated rings. The molecule has 0 radical (unpaired) electrons. The summed E-state index contributed by atoms with van der Waals surface area (Å²) in [6, 6.07) is 2.32. The van der Waals surface area contributed by atoms with Gasteiger partial charge in [-0.2, -0.15) is 12.6 Å². The summed E-state index contributed by atoms with van der Waals surface area (Å²) in [5, 5.41) is 18.0. The molecule has 208 valence electrons. The van der Waals surface area contributed by atoms with Crippen LogP contribution in [0.25, 0.3) is 10.9 Å². The van der Waals surface area contributed by atoms with Crippen LogP contribution in [0.2, 0.25) is 0 Å². The number of fused-ring (bicyclic) bond motifs is 1. The van der Waals surface area contributed by atoms with Gasteiger partial charge in [0.1, 0.15) is 18.1 Å². The van der Waals surface area contributed by atoms with Gasteiger partial charge in [-0.25, -0.2) is 9.78 Å². The number of nitrogens with two attached hydrogens (primary N) is 2. The quantitative estimate of drug-likeness (QED) is 0.104. The number of aromatic nitrogens is 3. The number of aromatic amines is 2. The average molecular weight is 559 g/mol. The van der Waals surface area contributed by atoms with E-state index in [1.807, 2.05) is 24.3 Å². The van der Waals surface area contributed by atoms with Crippen molar-refractivity contribution in [1.82, 2.24) is 30.9 Å². The Kier molecular flexibility index (Phi) is 10.1. The van der Waals surface area contributed by atoms with Crippen molar-refractivity contribution in [1.29, 1.82) is 0 Å². The number of carbonyl (C=O) groups excluding carboxylic acids is 4. The smallest absolute Gasteiger partial charge is 0.326 e. The second-order valence-corrected chi connectivity index (χ2v) is 9.19. The molecule has 14 nitrogen and oxygen atoms in total. The van der Waals surface area contributed by atoms with Gasteiger partial charge in [-0.05, 0) is 11.6 Å². The van der Waals surface area contributed by atoms with E-state index in [1.165, 1.54) is 12.5 Å². The van der Waals surface area contributed by atoms with Gasteiger partial charge in [-0.1, -0.05) is 18.2 Å². The number of nitrogens with zero attached hydrogens (tertiary/aromatic N) is 1. The lowest BCUT2D eigenvalue weighted by Gasteiger charge is -2.24. The van der Waals surface area contributed by atoms with E-state index in [1.54, 1.807) is 6.20 Å². The zero-order valence-electron chi connectivity index (χ0n) is 20.7. The standard InChI is InChI=1S/C24H30N8O6S/c25-15(7-20(26)33)21(34)30-17(6-13-9-27-11-29-13)22(35)32-19(10-39)23(36)31-18(24(37)38)5-12-8-28-16-4-2-1-3-14(12)16/h1-4,8-9,11,15,17-19,28,39H,5-7,10,25H2,(H2,26,33)(H,27,29)(H,30,34)(H,31,36)(H,32,35)(H,37,38). The molecule has 0 saturated heterocycles. The molecule has 0 bridgehead atoms. The first-order valence-corrected chi connectivity index (χ1v) is 12.5. The number of imidazole rings is 1. The number of rotatable bonds is 14. The molecule has 39 heavy (non-hydrogen) atoms. The molecule has 4 atom stereocenters. The van der Waals surface area contributed by atoms with Crippen LogP contribution in [0.15, 0.2) is 43.0 Å². The Balaban J connectivity index is 1.70. The summed E-state index contributed by atoms with van der Waals surface area (Å²) in [6.45, 7) is 0. The SMILES string of the molecule is NC(=O)CC(N)C(=O)NC(Cc1cnc[nH]1)C(=O)NC(CS)C(=O)NC(Cc1c[nH]c2ccccc12)C(=O)O. The molecule has 4 amide bonds. The van der Waals surface area contributed by atoms with Gasteiger partial charge in [0, 0.05) is 47.6 Å². The number of H-pyrrole nitrogens is 2. The number of aliphatic carboxylic acids is 1. The maximum atomic E-state index is 13.1. The van der Waals surface area contributed by atoms with Crippen LogP contribution in [0.4, 0.5) is 0 Å². The Morgan fingerprint density at radius 1 is 0.949 bits per heavy atom. The molecule has 0 aliphatic rings. The second kappa shape index (κ2) is 13.4. The van der Waals surface area contributed by atoms with Crippen LogP contribution in [0.5, 0.6) is 0 Å². The maximum Gasteiger partial charge on any atom is 0.326 e. The van der Waals surface area contributed by atoms with Crippen molar-refractivity contribution in [3.8, 4) is 0 Å². The molecular formula is C24H30N8O6S. The number of amides is 4. The number of carboxylic acids is 1. The number of para-hydroxylation sites is 1. The van der Waals surface area contributed by atoms with Gasteiger partial charge in [0.15, 0.2) is 0 Å². The highest BCUT2D eigenvalue weighted by Gasteiger charge is 2.30. The minimum absolute atomic E-state index is 0.00537. The van der Waals surface area contributed by atoms with E-state index in [9.17, 15) is 29.1 Å². The van der Waals surface area contributed by atoms with Gasteiger partial charge in [0.05, 0.1) is 18.8 Å². The molecule has 0 spiro atoms. The third-order valence-electron chi connectivity index (χ3n) is 5.90. The molecule has 0 saturated carbocycles. The molecule has 0 aliphatic carbocycles. The van der Waals surface area contributed by atoms with E-state index < -0.39 is 60.2 Å². The van der Waals surface area contributed by atoms with Crippen LogP contribution in [-0.2, 0) is 36.8 Å². The van der Waals surface area contributed by atoms with Crippen LogP contribution < -0.4 is 27.4 Å². The van der Waals surface area contributed by atoms with Crippen molar-refractivity contribution in [2.45, 2.75) is 43.4 Å². The molecule has 10 N–H and O–H groups in total. The van der Waals surface area contributed by atoms with E-state index >= 15 is 0 Å². The van der Waals surface area contributed by atoms with E-state index in [2.05, 4.69) is 43.5 Å². The highest BCUT2D eigenvalue weighted by atomic mass is 32.1. The molecule has 0 aliphatic heterocycles. The molecule has 2 aromatic heterocycles. The highest BCUT2D eigenvalue weighted by molar-refractivity contribution is 7.80. The van der Waals surface area contributed by atoms with Crippen molar-refractivity contribution in [2.75, 3.05) is 5.75 Å². The summed E-state index contributed by atoms with van der Waals surface area (Å²) in [5.41, 5.74) is 12.8. The zero-order chi connectivity index (χ0) is 28.5. The van der Waals surface area contributed by atoms with E-state index in [4.69, 9.17) is 11.5 Å².